The van der Waals surface area contributed by atoms with Crippen molar-refractivity contribution in [2.45, 2.75) is 51.2 Å². The van der Waals surface area contributed by atoms with Crippen molar-refractivity contribution >= 4 is 16.9 Å². The van der Waals surface area contributed by atoms with Gasteiger partial charge in [0, 0.05) is 55.5 Å². The van der Waals surface area contributed by atoms with Crippen LogP contribution >= 0.6 is 0 Å². The number of dihydropyridines is 1. The number of esters is 1. The predicted octanol–water partition coefficient (Wildman–Crippen LogP) is 2.84. The summed E-state index contributed by atoms with van der Waals surface area (Å²) in [4.78, 5) is 24.7. The van der Waals surface area contributed by atoms with Gasteiger partial charge in [-0.2, -0.15) is 0 Å². The Labute approximate surface area is 197 Å². The molecule has 0 radical (unpaired) electrons. The fourth-order valence-electron chi connectivity index (χ4n) is 4.52. The Kier molecular flexibility index (Phi) is 6.27. The zero-order valence-electron chi connectivity index (χ0n) is 19.6. The van der Waals surface area contributed by atoms with E-state index in [1.165, 1.54) is 6.07 Å². The summed E-state index contributed by atoms with van der Waals surface area (Å²) in [5, 5.41) is 13.2. The summed E-state index contributed by atoms with van der Waals surface area (Å²) in [6.45, 7) is 5.85. The molecular weight excluding hydrogens is 436 g/mol. The van der Waals surface area contributed by atoms with Crippen molar-refractivity contribution in [1.82, 2.24) is 5.32 Å². The van der Waals surface area contributed by atoms with E-state index in [0.717, 1.165) is 16.5 Å². The molecule has 4 N–H and O–H groups in total. The normalized spacial score (nSPS) is 20.2. The quantitative estimate of drug-likeness (QED) is 0.323. The fourth-order valence-corrected chi connectivity index (χ4v) is 4.52. The summed E-state index contributed by atoms with van der Waals surface area (Å²) in [5.74, 6) is 0.648. The maximum Gasteiger partial charge on any atom is 0.336 e. The summed E-state index contributed by atoms with van der Waals surface area (Å²) >= 11 is 0. The molecule has 1 atom stereocenters. The summed E-state index contributed by atoms with van der Waals surface area (Å²) in [7, 11) is 0. The van der Waals surface area contributed by atoms with Crippen LogP contribution in [0.3, 0.4) is 0 Å². The Hall–Kier alpha value is -3.52. The van der Waals surface area contributed by atoms with Crippen molar-refractivity contribution in [3.63, 3.8) is 0 Å². The van der Waals surface area contributed by atoms with Gasteiger partial charge in [-0.05, 0) is 50.1 Å². The van der Waals surface area contributed by atoms with Gasteiger partial charge in [0.05, 0.1) is 5.82 Å². The van der Waals surface area contributed by atoms with E-state index >= 15 is 0 Å². The largest absolute Gasteiger partial charge is 0.482 e. The highest BCUT2D eigenvalue weighted by atomic mass is 16.6. The molecular formula is C26H30N2O6. The van der Waals surface area contributed by atoms with E-state index in [-0.39, 0.29) is 13.0 Å². The Balaban J connectivity index is 1.74. The Morgan fingerprint density at radius 3 is 2.85 bits per heavy atom. The first-order valence-electron chi connectivity index (χ1n) is 11.3. The lowest BCUT2D eigenvalue weighted by molar-refractivity contribution is -0.174. The third-order valence-corrected chi connectivity index (χ3v) is 6.52. The molecule has 4 rings (SSSR count). The van der Waals surface area contributed by atoms with Crippen LogP contribution in [-0.2, 0) is 16.0 Å². The highest BCUT2D eigenvalue weighted by Gasteiger charge is 2.54. The molecule has 3 heterocycles. The van der Waals surface area contributed by atoms with Crippen molar-refractivity contribution in [3.8, 4) is 5.75 Å². The van der Waals surface area contributed by atoms with E-state index in [4.69, 9.17) is 19.6 Å². The molecule has 0 unspecified atom stereocenters. The lowest BCUT2D eigenvalue weighted by atomic mass is 9.76. The van der Waals surface area contributed by atoms with Gasteiger partial charge >= 0.3 is 11.6 Å². The standard InChI is InChI=1S/C26H30N2O6/c1-4-17(8-10-29)24(31)34-25(2,3)26(14-16-7-9-28-22(27)11-16)15-19-12-18-5-6-23(30)32-20(18)13-21(19)33-26/h4-7,11-13,28-29H,8-10,14-15,27H2,1-3H3/b17-4+/t26-/m0/s1. The van der Waals surface area contributed by atoms with Crippen LogP contribution in [0.15, 0.2) is 68.7 Å². The molecule has 0 bridgehead atoms. The molecule has 8 heteroatoms. The number of carbonyl (C=O) groups excluding carboxylic acids is 1. The second kappa shape index (κ2) is 9.02. The van der Waals surface area contributed by atoms with Crippen molar-refractivity contribution in [1.29, 1.82) is 0 Å². The van der Waals surface area contributed by atoms with Crippen molar-refractivity contribution in [3.05, 3.63) is 75.4 Å². The summed E-state index contributed by atoms with van der Waals surface area (Å²) in [5.41, 5.74) is 6.28. The maximum absolute atomic E-state index is 13.0. The number of aliphatic hydroxyl groups is 1. The van der Waals surface area contributed by atoms with Gasteiger partial charge in [-0.3, -0.25) is 0 Å². The second-order valence-electron chi connectivity index (χ2n) is 9.15. The minimum atomic E-state index is -1.06. The third kappa shape index (κ3) is 4.46. The number of fused-ring (bicyclic) bond motifs is 2. The van der Waals surface area contributed by atoms with Crippen LogP contribution in [0.2, 0.25) is 0 Å². The average Bonchev–Trinajstić information content (AvgIpc) is 3.14. The van der Waals surface area contributed by atoms with Crippen LogP contribution in [0.25, 0.3) is 11.0 Å². The van der Waals surface area contributed by atoms with Gasteiger partial charge in [0.2, 0.25) is 0 Å². The smallest absolute Gasteiger partial charge is 0.336 e. The minimum absolute atomic E-state index is 0.149. The first kappa shape index (κ1) is 23.6. The molecule has 1 aromatic carbocycles. The average molecular weight is 467 g/mol. The molecule has 8 nitrogen and oxygen atoms in total. The summed E-state index contributed by atoms with van der Waals surface area (Å²) in [6.07, 6.45) is 6.66. The molecule has 0 saturated carbocycles. The predicted molar refractivity (Wildman–Crippen MR) is 128 cm³/mol. The molecule has 0 aliphatic carbocycles. The first-order chi connectivity index (χ1) is 16.2. The van der Waals surface area contributed by atoms with Gasteiger partial charge in [-0.1, -0.05) is 12.2 Å². The minimum Gasteiger partial charge on any atom is -0.482 e. The first-order valence-corrected chi connectivity index (χ1v) is 11.3. The monoisotopic (exact) mass is 466 g/mol. The van der Waals surface area contributed by atoms with Crippen LogP contribution in [0.4, 0.5) is 0 Å². The van der Waals surface area contributed by atoms with Crippen molar-refractivity contribution in [2.24, 2.45) is 5.73 Å². The number of nitrogens with two attached hydrogens (primary N) is 1. The molecule has 34 heavy (non-hydrogen) atoms. The maximum atomic E-state index is 13.0. The highest BCUT2D eigenvalue weighted by molar-refractivity contribution is 5.88. The molecule has 1 aromatic heterocycles. The van der Waals surface area contributed by atoms with E-state index in [0.29, 0.717) is 42.1 Å². The van der Waals surface area contributed by atoms with E-state index in [1.807, 2.05) is 32.1 Å². The third-order valence-electron chi connectivity index (χ3n) is 6.52. The zero-order chi connectivity index (χ0) is 24.5. The van der Waals surface area contributed by atoms with Crippen LogP contribution in [0.5, 0.6) is 5.75 Å². The van der Waals surface area contributed by atoms with E-state index in [2.05, 4.69) is 5.32 Å². The van der Waals surface area contributed by atoms with Crippen LogP contribution in [0.1, 0.15) is 39.2 Å². The van der Waals surface area contributed by atoms with Gasteiger partial charge in [0.1, 0.15) is 16.9 Å². The number of hydrogen-bond donors (Lipinski definition) is 3. The second-order valence-corrected chi connectivity index (χ2v) is 9.15. The van der Waals surface area contributed by atoms with Crippen LogP contribution < -0.4 is 21.4 Å². The molecule has 0 saturated heterocycles. The van der Waals surface area contributed by atoms with E-state index < -0.39 is 22.8 Å². The van der Waals surface area contributed by atoms with Crippen LogP contribution in [0, 0.1) is 0 Å². The van der Waals surface area contributed by atoms with Gasteiger partial charge in [-0.15, -0.1) is 0 Å². The Morgan fingerprint density at radius 2 is 2.15 bits per heavy atom. The molecule has 0 amide bonds. The molecule has 0 spiro atoms. The highest BCUT2D eigenvalue weighted by Crippen LogP contribution is 2.47. The number of allylic oxidation sites excluding steroid dienone is 2. The SMILES string of the molecule is C/C=C(\CCO)C(=O)OC(C)(C)[C@]1(CC2=CCNC(N)=C2)Cc2cc3ccc(=O)oc3cc2O1. The lowest BCUT2D eigenvalue weighted by Gasteiger charge is -2.43. The summed E-state index contributed by atoms with van der Waals surface area (Å²) < 4.78 is 18.0. The molecule has 2 aliphatic heterocycles. The van der Waals surface area contributed by atoms with Crippen molar-refractivity contribution < 1.29 is 23.8 Å². The summed E-state index contributed by atoms with van der Waals surface area (Å²) in [6, 6.07) is 6.77. The number of ether oxygens (including phenoxy) is 2. The van der Waals surface area contributed by atoms with E-state index in [9.17, 15) is 14.7 Å². The van der Waals surface area contributed by atoms with Crippen LogP contribution in [-0.4, -0.2) is 35.4 Å². The zero-order valence-corrected chi connectivity index (χ0v) is 19.6. The molecule has 0 fully saturated rings. The van der Waals surface area contributed by atoms with Gasteiger partial charge in [0.25, 0.3) is 0 Å². The fraction of sp³-hybridized carbons (Fsp3) is 0.385. The number of benzene rings is 1. The van der Waals surface area contributed by atoms with Gasteiger partial charge in [0.15, 0.2) is 5.60 Å². The Bertz CT molecular complexity index is 1270. The number of aliphatic hydroxyl groups excluding tert-OH is 1. The lowest BCUT2D eigenvalue weighted by Crippen LogP contribution is -2.56. The molecule has 2 aromatic rings. The van der Waals surface area contributed by atoms with Gasteiger partial charge < -0.3 is 30.0 Å². The number of carbonyl (C=O) groups is 1. The van der Waals surface area contributed by atoms with Crippen molar-refractivity contribution in [2.75, 3.05) is 13.2 Å². The number of hydrogen-bond acceptors (Lipinski definition) is 8. The molecule has 2 aliphatic rings. The molecule has 180 valence electrons. The van der Waals surface area contributed by atoms with Gasteiger partial charge in [-0.25, -0.2) is 9.59 Å². The number of nitrogens with one attached hydrogen (secondary N) is 1. The topological polar surface area (TPSA) is 124 Å². The van der Waals surface area contributed by atoms with E-state index in [1.54, 1.807) is 25.1 Å². The number of rotatable bonds is 7. The Morgan fingerprint density at radius 1 is 1.35 bits per heavy atom.